The molecule has 3 rings (SSSR count). The first-order chi connectivity index (χ1) is 11.1. The molecule has 1 amide bonds. The van der Waals surface area contributed by atoms with E-state index in [0.717, 1.165) is 36.1 Å². The van der Waals surface area contributed by atoms with Crippen LogP contribution in [-0.2, 0) is 9.53 Å². The fourth-order valence-electron chi connectivity index (χ4n) is 3.27. The molecular formula is C19H24N2O2. The maximum absolute atomic E-state index is 12.3. The highest BCUT2D eigenvalue weighted by molar-refractivity contribution is 6.02. The van der Waals surface area contributed by atoms with Crippen molar-refractivity contribution in [2.45, 2.75) is 32.5 Å². The lowest BCUT2D eigenvalue weighted by atomic mass is 10.1. The molecule has 2 aromatic carbocycles. The van der Waals surface area contributed by atoms with Gasteiger partial charge in [0.25, 0.3) is 0 Å². The first-order valence-electron chi connectivity index (χ1n) is 8.27. The number of anilines is 1. The largest absolute Gasteiger partial charge is 0.373 e. The smallest absolute Gasteiger partial charge is 0.225 e. The van der Waals surface area contributed by atoms with Crippen molar-refractivity contribution in [3.63, 3.8) is 0 Å². The number of fused-ring (bicyclic) bond motifs is 1. The van der Waals surface area contributed by atoms with Crippen LogP contribution < -0.4 is 5.32 Å². The van der Waals surface area contributed by atoms with Crippen molar-refractivity contribution in [2.24, 2.45) is 0 Å². The Bertz CT molecular complexity index is 671. The highest BCUT2D eigenvalue weighted by atomic mass is 16.5. The van der Waals surface area contributed by atoms with Crippen molar-refractivity contribution < 1.29 is 9.53 Å². The Kier molecular flexibility index (Phi) is 4.94. The zero-order valence-electron chi connectivity index (χ0n) is 13.8. The molecular weight excluding hydrogens is 288 g/mol. The third-order valence-corrected chi connectivity index (χ3v) is 4.21. The average molecular weight is 312 g/mol. The standard InChI is InChI=1S/C19H24N2O2/c1-14-12-21(13-15(2)23-14)11-10-19(22)20-18-9-5-7-16-6-3-4-8-17(16)18/h3-9,14-15H,10-13H2,1-2H3,(H,20,22). The van der Waals surface area contributed by atoms with E-state index in [1.807, 2.05) is 30.3 Å². The summed E-state index contributed by atoms with van der Waals surface area (Å²) in [6, 6.07) is 14.1. The molecule has 23 heavy (non-hydrogen) atoms. The SMILES string of the molecule is CC1CN(CCC(=O)Nc2cccc3ccccc23)CC(C)O1. The Hall–Kier alpha value is -1.91. The van der Waals surface area contributed by atoms with Crippen LogP contribution in [0, 0.1) is 0 Å². The molecule has 1 N–H and O–H groups in total. The fraction of sp³-hybridized carbons (Fsp3) is 0.421. The Morgan fingerprint density at radius 1 is 1.13 bits per heavy atom. The van der Waals surface area contributed by atoms with Crippen LogP contribution in [0.3, 0.4) is 0 Å². The van der Waals surface area contributed by atoms with E-state index in [2.05, 4.69) is 36.2 Å². The second-order valence-corrected chi connectivity index (χ2v) is 6.34. The molecule has 0 aliphatic carbocycles. The van der Waals surface area contributed by atoms with Crippen molar-refractivity contribution in [1.29, 1.82) is 0 Å². The summed E-state index contributed by atoms with van der Waals surface area (Å²) in [5, 5.41) is 5.27. The number of nitrogens with zero attached hydrogens (tertiary/aromatic N) is 1. The van der Waals surface area contributed by atoms with Gasteiger partial charge in [0.05, 0.1) is 12.2 Å². The van der Waals surface area contributed by atoms with Gasteiger partial charge in [-0.15, -0.1) is 0 Å². The van der Waals surface area contributed by atoms with Gasteiger partial charge < -0.3 is 10.1 Å². The molecule has 2 aromatic rings. The van der Waals surface area contributed by atoms with Crippen LogP contribution in [0.4, 0.5) is 5.69 Å². The van der Waals surface area contributed by atoms with E-state index in [-0.39, 0.29) is 18.1 Å². The Morgan fingerprint density at radius 2 is 1.83 bits per heavy atom. The van der Waals surface area contributed by atoms with Gasteiger partial charge in [-0.3, -0.25) is 9.69 Å². The number of carbonyl (C=O) groups excluding carboxylic acids is 1. The first-order valence-corrected chi connectivity index (χ1v) is 8.27. The highest BCUT2D eigenvalue weighted by Gasteiger charge is 2.22. The number of rotatable bonds is 4. The molecule has 0 aromatic heterocycles. The quantitative estimate of drug-likeness (QED) is 0.942. The van der Waals surface area contributed by atoms with E-state index < -0.39 is 0 Å². The predicted molar refractivity (Wildman–Crippen MR) is 93.6 cm³/mol. The molecule has 4 heteroatoms. The summed E-state index contributed by atoms with van der Waals surface area (Å²) >= 11 is 0. The molecule has 0 bridgehead atoms. The van der Waals surface area contributed by atoms with Gasteiger partial charge in [0.1, 0.15) is 0 Å². The number of benzene rings is 2. The summed E-state index contributed by atoms with van der Waals surface area (Å²) in [7, 11) is 0. The van der Waals surface area contributed by atoms with Crippen LogP contribution >= 0.6 is 0 Å². The maximum Gasteiger partial charge on any atom is 0.225 e. The minimum atomic E-state index is 0.0631. The Balaban J connectivity index is 1.59. The van der Waals surface area contributed by atoms with Crippen molar-refractivity contribution >= 4 is 22.4 Å². The van der Waals surface area contributed by atoms with Crippen molar-refractivity contribution in [3.05, 3.63) is 42.5 Å². The molecule has 122 valence electrons. The van der Waals surface area contributed by atoms with Gasteiger partial charge in [0.2, 0.25) is 5.91 Å². The second kappa shape index (κ2) is 7.11. The molecule has 0 radical (unpaired) electrons. The van der Waals surface area contributed by atoms with E-state index in [1.165, 1.54) is 0 Å². The summed E-state index contributed by atoms with van der Waals surface area (Å²) in [4.78, 5) is 14.6. The molecule has 1 fully saturated rings. The topological polar surface area (TPSA) is 41.6 Å². The van der Waals surface area contributed by atoms with Crippen LogP contribution in [0.15, 0.2) is 42.5 Å². The maximum atomic E-state index is 12.3. The zero-order valence-corrected chi connectivity index (χ0v) is 13.8. The molecule has 2 unspecified atom stereocenters. The number of morpholine rings is 1. The number of hydrogen-bond acceptors (Lipinski definition) is 3. The fourth-order valence-corrected chi connectivity index (χ4v) is 3.27. The summed E-state index contributed by atoms with van der Waals surface area (Å²) < 4.78 is 5.72. The minimum absolute atomic E-state index is 0.0631. The van der Waals surface area contributed by atoms with E-state index >= 15 is 0 Å². The van der Waals surface area contributed by atoms with Crippen LogP contribution in [0.1, 0.15) is 20.3 Å². The summed E-state index contributed by atoms with van der Waals surface area (Å²) in [5.74, 6) is 0.0631. The van der Waals surface area contributed by atoms with Gasteiger partial charge in [-0.25, -0.2) is 0 Å². The van der Waals surface area contributed by atoms with Gasteiger partial charge in [0, 0.05) is 37.1 Å². The average Bonchev–Trinajstić information content (AvgIpc) is 2.52. The van der Waals surface area contributed by atoms with Crippen LogP contribution in [-0.4, -0.2) is 42.6 Å². The van der Waals surface area contributed by atoms with Gasteiger partial charge in [0.15, 0.2) is 0 Å². The number of ether oxygens (including phenoxy) is 1. The monoisotopic (exact) mass is 312 g/mol. The third-order valence-electron chi connectivity index (χ3n) is 4.21. The molecule has 0 saturated carbocycles. The molecule has 1 aliphatic rings. The highest BCUT2D eigenvalue weighted by Crippen LogP contribution is 2.23. The predicted octanol–water partition coefficient (Wildman–Crippen LogP) is 3.28. The summed E-state index contributed by atoms with van der Waals surface area (Å²) in [5.41, 5.74) is 0.886. The van der Waals surface area contributed by atoms with E-state index in [1.54, 1.807) is 0 Å². The molecule has 4 nitrogen and oxygen atoms in total. The van der Waals surface area contributed by atoms with E-state index in [0.29, 0.717) is 6.42 Å². The third kappa shape index (κ3) is 4.09. The summed E-state index contributed by atoms with van der Waals surface area (Å²) in [6.07, 6.45) is 0.975. The zero-order chi connectivity index (χ0) is 16.2. The molecule has 2 atom stereocenters. The molecule has 1 saturated heterocycles. The van der Waals surface area contributed by atoms with Gasteiger partial charge in [-0.1, -0.05) is 36.4 Å². The number of nitrogens with one attached hydrogen (secondary N) is 1. The Morgan fingerprint density at radius 3 is 2.61 bits per heavy atom. The van der Waals surface area contributed by atoms with E-state index in [9.17, 15) is 4.79 Å². The van der Waals surface area contributed by atoms with Crippen molar-refractivity contribution in [3.8, 4) is 0 Å². The van der Waals surface area contributed by atoms with Crippen molar-refractivity contribution in [2.75, 3.05) is 25.0 Å². The molecule has 1 heterocycles. The van der Waals surface area contributed by atoms with Gasteiger partial charge >= 0.3 is 0 Å². The second-order valence-electron chi connectivity index (χ2n) is 6.34. The Labute approximate surface area is 137 Å². The lowest BCUT2D eigenvalue weighted by Crippen LogP contribution is -2.46. The first kappa shape index (κ1) is 16.0. The number of amides is 1. The minimum Gasteiger partial charge on any atom is -0.373 e. The van der Waals surface area contributed by atoms with Crippen LogP contribution in [0.25, 0.3) is 10.8 Å². The summed E-state index contributed by atoms with van der Waals surface area (Å²) in [6.45, 7) is 6.73. The molecule has 0 spiro atoms. The lowest BCUT2D eigenvalue weighted by Gasteiger charge is -2.35. The van der Waals surface area contributed by atoms with Crippen molar-refractivity contribution in [1.82, 2.24) is 4.90 Å². The van der Waals surface area contributed by atoms with Crippen LogP contribution in [0.2, 0.25) is 0 Å². The number of carbonyl (C=O) groups is 1. The van der Waals surface area contributed by atoms with E-state index in [4.69, 9.17) is 4.74 Å². The normalized spacial score (nSPS) is 22.2. The van der Waals surface area contributed by atoms with Gasteiger partial charge in [-0.2, -0.15) is 0 Å². The molecule has 1 aliphatic heterocycles. The number of hydrogen-bond donors (Lipinski definition) is 1. The van der Waals surface area contributed by atoms with Gasteiger partial charge in [-0.05, 0) is 25.3 Å². The van der Waals surface area contributed by atoms with Crippen LogP contribution in [0.5, 0.6) is 0 Å². The lowest BCUT2D eigenvalue weighted by molar-refractivity contribution is -0.117.